The van der Waals surface area contributed by atoms with Crippen molar-refractivity contribution < 1.29 is 0 Å². The molecule has 1 aromatic heterocycles. The second-order valence-corrected chi connectivity index (χ2v) is 13.2. The fourth-order valence-corrected chi connectivity index (χ4v) is 7.58. The van der Waals surface area contributed by atoms with Crippen LogP contribution in [-0.4, -0.2) is 9.97 Å². The number of hydrogen-bond acceptors (Lipinski definition) is 2. The molecule has 1 heterocycles. The average Bonchev–Trinajstić information content (AvgIpc) is 3.33. The summed E-state index contributed by atoms with van der Waals surface area (Å²) in [4.78, 5) is 10.8. The maximum absolute atomic E-state index is 6.47. The first-order valence-corrected chi connectivity index (χ1v) is 16.1. The topological polar surface area (TPSA) is 25.8 Å². The van der Waals surface area contributed by atoms with Crippen LogP contribution in [0.3, 0.4) is 0 Å². The molecule has 9 rings (SSSR count). The Morgan fingerprint density at radius 3 is 1.76 bits per heavy atom. The zero-order chi connectivity index (χ0) is 31.0. The van der Waals surface area contributed by atoms with Crippen molar-refractivity contribution in [2.45, 2.75) is 19.3 Å². The largest absolute Gasteiger partial charge is 0.227 e. The maximum atomic E-state index is 6.47. The van der Waals surface area contributed by atoms with Gasteiger partial charge in [-0.3, -0.25) is 0 Å². The molecule has 1 aliphatic carbocycles. The van der Waals surface area contributed by atoms with E-state index >= 15 is 0 Å². The first-order chi connectivity index (χ1) is 22.5. The van der Waals surface area contributed by atoms with E-state index in [4.69, 9.17) is 21.6 Å². The van der Waals surface area contributed by atoms with Crippen LogP contribution in [-0.2, 0) is 5.41 Å². The normalized spacial score (nSPS) is 13.3. The molecule has 0 amide bonds. The Bertz CT molecular complexity index is 2500. The third-order valence-electron chi connectivity index (χ3n) is 9.74. The van der Waals surface area contributed by atoms with Crippen molar-refractivity contribution >= 4 is 44.0 Å². The van der Waals surface area contributed by atoms with Crippen LogP contribution in [0.4, 0.5) is 0 Å². The first-order valence-electron chi connectivity index (χ1n) is 15.7. The number of aromatic nitrogens is 2. The number of rotatable bonds is 3. The Morgan fingerprint density at radius 2 is 1.02 bits per heavy atom. The van der Waals surface area contributed by atoms with Gasteiger partial charge in [-0.1, -0.05) is 147 Å². The lowest BCUT2D eigenvalue weighted by Gasteiger charge is -2.22. The molecule has 1 aliphatic rings. The average molecular weight is 609 g/mol. The summed E-state index contributed by atoms with van der Waals surface area (Å²) in [5.74, 6) is 0.725. The van der Waals surface area contributed by atoms with Crippen LogP contribution in [0.5, 0.6) is 0 Å². The molecule has 0 atom stereocenters. The van der Waals surface area contributed by atoms with E-state index < -0.39 is 0 Å². The van der Waals surface area contributed by atoms with E-state index in [2.05, 4.69) is 147 Å². The van der Waals surface area contributed by atoms with E-state index in [9.17, 15) is 0 Å². The summed E-state index contributed by atoms with van der Waals surface area (Å²) in [5.41, 5.74) is 11.2. The monoisotopic (exact) mass is 608 g/mol. The highest BCUT2D eigenvalue weighted by atomic mass is 35.5. The molecule has 0 N–H and O–H groups in total. The summed E-state index contributed by atoms with van der Waals surface area (Å²) < 4.78 is 0. The number of halogens is 1. The summed E-state index contributed by atoms with van der Waals surface area (Å²) in [5, 5.41) is 6.54. The summed E-state index contributed by atoms with van der Waals surface area (Å²) in [7, 11) is 0. The van der Waals surface area contributed by atoms with Gasteiger partial charge in [0.1, 0.15) is 0 Å². The summed E-state index contributed by atoms with van der Waals surface area (Å²) in [6.07, 6.45) is 0. The highest BCUT2D eigenvalue weighted by molar-refractivity contribution is 6.31. The lowest BCUT2D eigenvalue weighted by molar-refractivity contribution is 0.660. The molecule has 0 saturated heterocycles. The van der Waals surface area contributed by atoms with Gasteiger partial charge in [0, 0.05) is 32.3 Å². The molecular weight excluding hydrogens is 580 g/mol. The summed E-state index contributed by atoms with van der Waals surface area (Å²) in [6.45, 7) is 4.55. The third kappa shape index (κ3) is 4.04. The van der Waals surface area contributed by atoms with Gasteiger partial charge in [-0.15, -0.1) is 0 Å². The highest BCUT2D eigenvalue weighted by Gasteiger charge is 2.36. The van der Waals surface area contributed by atoms with Crippen LogP contribution >= 0.6 is 11.6 Å². The minimum atomic E-state index is -0.193. The fraction of sp³-hybridized carbons (Fsp3) is 0.0698. The number of benzene rings is 7. The van der Waals surface area contributed by atoms with E-state index in [-0.39, 0.29) is 5.41 Å². The van der Waals surface area contributed by atoms with Gasteiger partial charge in [-0.05, 0) is 67.7 Å². The van der Waals surface area contributed by atoms with E-state index in [0.29, 0.717) is 0 Å². The van der Waals surface area contributed by atoms with Crippen LogP contribution < -0.4 is 0 Å². The molecule has 0 unspecified atom stereocenters. The van der Waals surface area contributed by atoms with Gasteiger partial charge in [-0.2, -0.15) is 0 Å². The van der Waals surface area contributed by atoms with Crippen molar-refractivity contribution in [3.8, 4) is 44.9 Å². The van der Waals surface area contributed by atoms with E-state index in [0.717, 1.165) is 49.3 Å². The van der Waals surface area contributed by atoms with Crippen molar-refractivity contribution in [1.29, 1.82) is 0 Å². The third-order valence-corrected chi connectivity index (χ3v) is 9.97. The minimum Gasteiger partial charge on any atom is -0.227 e. The highest BCUT2D eigenvalue weighted by Crippen LogP contribution is 2.50. The first kappa shape index (κ1) is 27.0. The Hall–Kier alpha value is -5.31. The molecule has 0 aliphatic heterocycles. The van der Waals surface area contributed by atoms with Gasteiger partial charge < -0.3 is 0 Å². The van der Waals surface area contributed by atoms with Crippen molar-refractivity contribution in [2.24, 2.45) is 0 Å². The predicted octanol–water partition coefficient (Wildman–Crippen LogP) is 11.9. The molecule has 0 fully saturated rings. The molecule has 0 radical (unpaired) electrons. The van der Waals surface area contributed by atoms with Gasteiger partial charge in [0.2, 0.25) is 0 Å². The smallest absolute Gasteiger partial charge is 0.160 e. The van der Waals surface area contributed by atoms with Crippen LogP contribution in [0.1, 0.15) is 25.0 Å². The molecule has 0 bridgehead atoms. The Balaban J connectivity index is 1.32. The fourth-order valence-electron chi connectivity index (χ4n) is 7.41. The molecule has 46 heavy (non-hydrogen) atoms. The van der Waals surface area contributed by atoms with Gasteiger partial charge in [0.15, 0.2) is 5.82 Å². The number of hydrogen-bond donors (Lipinski definition) is 0. The standard InChI is InChI=1S/C43H29ClN2/c1-43(2)37-24-29(20-22-33(37)34-23-21-30(44)25-38(34)43)42-45-40(28-18-16-27(17-19-28)26-10-4-3-5-11-26)39-35-14-8-6-12-31(35)32-13-7-9-15-36(32)41(39)46-42/h3-25H,1-2H3. The molecule has 0 spiro atoms. The lowest BCUT2D eigenvalue weighted by Crippen LogP contribution is -2.15. The molecular formula is C43H29ClN2. The second-order valence-electron chi connectivity index (χ2n) is 12.7. The van der Waals surface area contributed by atoms with Crippen molar-refractivity contribution in [1.82, 2.24) is 9.97 Å². The molecule has 7 aromatic carbocycles. The number of fused-ring (bicyclic) bond motifs is 9. The Morgan fingerprint density at radius 1 is 0.478 bits per heavy atom. The summed E-state index contributed by atoms with van der Waals surface area (Å²) >= 11 is 6.47. The Labute approximate surface area is 273 Å². The van der Waals surface area contributed by atoms with Crippen LogP contribution in [0.25, 0.3) is 77.3 Å². The van der Waals surface area contributed by atoms with Gasteiger partial charge in [-0.25, -0.2) is 9.97 Å². The van der Waals surface area contributed by atoms with Gasteiger partial charge >= 0.3 is 0 Å². The van der Waals surface area contributed by atoms with Crippen LogP contribution in [0, 0.1) is 0 Å². The van der Waals surface area contributed by atoms with E-state index in [1.54, 1.807) is 0 Å². The van der Waals surface area contributed by atoms with Gasteiger partial charge in [0.05, 0.1) is 11.2 Å². The lowest BCUT2D eigenvalue weighted by atomic mass is 9.82. The van der Waals surface area contributed by atoms with E-state index in [1.807, 2.05) is 6.07 Å². The molecule has 8 aromatic rings. The predicted molar refractivity (Wildman–Crippen MR) is 193 cm³/mol. The SMILES string of the molecule is CC1(C)c2cc(Cl)ccc2-c2ccc(-c3nc(-c4ccc(-c5ccccc5)cc4)c4c5ccccc5c5ccccc5c4n3)cc21. The van der Waals surface area contributed by atoms with Crippen LogP contribution in [0.15, 0.2) is 140 Å². The molecule has 218 valence electrons. The quantitative estimate of drug-likeness (QED) is 0.186. The zero-order valence-corrected chi connectivity index (χ0v) is 26.3. The second kappa shape index (κ2) is 10.1. The van der Waals surface area contributed by atoms with Gasteiger partial charge in [0.25, 0.3) is 0 Å². The van der Waals surface area contributed by atoms with Crippen molar-refractivity contribution in [3.63, 3.8) is 0 Å². The number of nitrogens with zero attached hydrogens (tertiary/aromatic N) is 2. The Kier molecular flexibility index (Phi) is 5.94. The summed E-state index contributed by atoms with van der Waals surface area (Å²) in [6, 6.07) is 49.5. The molecule has 2 nitrogen and oxygen atoms in total. The zero-order valence-electron chi connectivity index (χ0n) is 25.6. The van der Waals surface area contributed by atoms with Crippen molar-refractivity contribution in [2.75, 3.05) is 0 Å². The minimum absolute atomic E-state index is 0.193. The molecule has 0 saturated carbocycles. The molecule has 3 heteroatoms. The van der Waals surface area contributed by atoms with Crippen LogP contribution in [0.2, 0.25) is 5.02 Å². The van der Waals surface area contributed by atoms with Crippen molar-refractivity contribution in [3.05, 3.63) is 156 Å². The maximum Gasteiger partial charge on any atom is 0.160 e. The van der Waals surface area contributed by atoms with E-state index in [1.165, 1.54) is 44.2 Å².